The number of ether oxygens (including phenoxy) is 3. The van der Waals surface area contributed by atoms with Gasteiger partial charge in [0.25, 0.3) is 5.95 Å². The van der Waals surface area contributed by atoms with Crippen LogP contribution in [0.3, 0.4) is 0 Å². The SMILES string of the molecule is C=NOCc1ccccc1.COC(=O)C1(CNOCc2ccccc2)CCCCC1.COC(=O)C1CCCCC1.COC(O[Si](C)(C)C)=C1CCCCC1.C[Si](C)(C)OS(=O)(=O)C(F)(F)F.O=CN(CC1(C(=O)O)CCCCC1)OCc1ccccc1. The predicted molar refractivity (Wildman–Crippen MR) is 334 cm³/mol. The third-order valence-corrected chi connectivity index (χ3v) is 18.6. The average molecular weight is 1280 g/mol. The fourth-order valence-electron chi connectivity index (χ4n) is 9.90. The number of halogens is 3. The van der Waals surface area contributed by atoms with Crippen molar-refractivity contribution in [2.24, 2.45) is 21.9 Å². The number of rotatable bonds is 22. The van der Waals surface area contributed by atoms with Crippen molar-refractivity contribution in [2.45, 2.75) is 193 Å². The Hall–Kier alpha value is -5.64. The number of methoxy groups -OCH3 is 3. The largest absolute Gasteiger partial charge is 0.522 e. The number of allylic oxidation sites excluding steroid dienone is 1. The van der Waals surface area contributed by atoms with Gasteiger partial charge in [-0.15, -0.1) is 5.16 Å². The van der Waals surface area contributed by atoms with Gasteiger partial charge in [0, 0.05) is 18.8 Å². The number of aliphatic carboxylic acids is 1. The van der Waals surface area contributed by atoms with Crippen LogP contribution >= 0.6 is 0 Å². The minimum Gasteiger partial charge on any atom is -0.520 e. The van der Waals surface area contributed by atoms with Gasteiger partial charge in [-0.2, -0.15) is 21.6 Å². The first kappa shape index (κ1) is 77.5. The lowest BCUT2D eigenvalue weighted by Crippen LogP contribution is -2.44. The number of hydrogen-bond acceptors (Lipinski definition) is 16. The van der Waals surface area contributed by atoms with Crippen LogP contribution < -0.4 is 5.48 Å². The highest BCUT2D eigenvalue weighted by Gasteiger charge is 2.49. The molecule has 24 heteroatoms. The van der Waals surface area contributed by atoms with Gasteiger partial charge in [-0.1, -0.05) is 155 Å². The van der Waals surface area contributed by atoms with E-state index in [0.29, 0.717) is 39.0 Å². The van der Waals surface area contributed by atoms with Gasteiger partial charge in [0.1, 0.15) is 13.2 Å². The minimum atomic E-state index is -5.39. The maximum absolute atomic E-state index is 12.0. The Labute approximate surface area is 517 Å². The third kappa shape index (κ3) is 31.9. The Kier molecular flexibility index (Phi) is 36.3. The number of carboxylic acid groups (broad SMARTS) is 1. The van der Waals surface area contributed by atoms with Crippen LogP contribution in [0.2, 0.25) is 39.3 Å². The first-order valence-corrected chi connectivity index (χ1v) is 38.2. The maximum Gasteiger partial charge on any atom is 0.522 e. The molecular formula is C63H98F3N3O15SSi2. The number of carbonyl (C=O) groups is 4. The van der Waals surface area contributed by atoms with E-state index in [1.807, 2.05) is 91.0 Å². The number of hydroxylamine groups is 3. The topological polar surface area (TPSA) is 224 Å². The average Bonchev–Trinajstić information content (AvgIpc) is 3.72. The molecule has 4 aliphatic rings. The molecule has 3 aromatic carbocycles. The fourth-order valence-corrected chi connectivity index (χ4v) is 13.7. The van der Waals surface area contributed by atoms with Crippen molar-refractivity contribution in [3.05, 3.63) is 119 Å². The van der Waals surface area contributed by atoms with Crippen molar-refractivity contribution < 1.29 is 82.9 Å². The molecule has 0 bridgehead atoms. The van der Waals surface area contributed by atoms with E-state index < -0.39 is 49.1 Å². The van der Waals surface area contributed by atoms with Gasteiger partial charge in [0.15, 0.2) is 0 Å². The quantitative estimate of drug-likeness (QED) is 0.0139. The van der Waals surface area contributed by atoms with E-state index >= 15 is 0 Å². The molecular weight excluding hydrogens is 1180 g/mol. The van der Waals surface area contributed by atoms with E-state index in [-0.39, 0.29) is 31.0 Å². The van der Waals surface area contributed by atoms with E-state index in [1.54, 1.807) is 7.11 Å². The first-order valence-electron chi connectivity index (χ1n) is 29.9. The van der Waals surface area contributed by atoms with E-state index in [2.05, 4.69) is 45.6 Å². The second-order valence-electron chi connectivity index (χ2n) is 23.7. The molecule has 4 aliphatic carbocycles. The Balaban J connectivity index is 0.000000365. The number of nitrogens with zero attached hydrogens (tertiary/aromatic N) is 2. The molecule has 0 saturated heterocycles. The van der Waals surface area contributed by atoms with E-state index in [1.165, 1.54) is 84.4 Å². The lowest BCUT2D eigenvalue weighted by atomic mass is 9.74. The van der Waals surface area contributed by atoms with Gasteiger partial charge in [0.2, 0.25) is 23.0 Å². The highest BCUT2D eigenvalue weighted by molar-refractivity contribution is 7.88. The molecule has 3 aromatic rings. The molecule has 0 spiro atoms. The number of nitrogens with one attached hydrogen (secondary N) is 1. The smallest absolute Gasteiger partial charge is 0.520 e. The standard InChI is InChI=1S/C16H21NO4.C16H23NO3.C11H22O2Si.C8H9NO.C8H14O2.C4H9F3O3SSi/c18-13-17(21-11-14-7-3-1-4-8-14)12-16(15(19)20)9-5-2-6-10-16;1-19-15(18)16(10-6-3-7-11-16)13-17-20-12-14-8-4-2-5-9-14;1-12-11(13-14(2,3)4)10-8-6-5-7-9-10;1-9-10-7-8-5-3-2-4-6-8;1-10-8(9)7-5-3-2-4-6-7;1-12(2,3)10-11(8,9)4(5,6)7/h1,3-4,7-8,13H,2,5-6,9-12H2,(H,19,20);2,4-5,8-9,17H,3,6-7,10-13H2,1H3;5-9H2,1-4H3;2-6H,1,7H2;7H,2-6H2,1H3;1-3H3. The molecule has 1 amide bonds. The summed E-state index contributed by atoms with van der Waals surface area (Å²) >= 11 is 0. The summed E-state index contributed by atoms with van der Waals surface area (Å²) in [6.07, 6.45) is 21.7. The summed E-state index contributed by atoms with van der Waals surface area (Å²) in [6.45, 7) is 15.7. The highest BCUT2D eigenvalue weighted by atomic mass is 32.2. The molecule has 4 fully saturated rings. The monoisotopic (exact) mass is 1280 g/mol. The molecule has 4 saturated carbocycles. The van der Waals surface area contributed by atoms with Crippen LogP contribution in [0.4, 0.5) is 13.2 Å². The van der Waals surface area contributed by atoms with Gasteiger partial charge in [0.05, 0.1) is 51.2 Å². The number of amides is 1. The van der Waals surface area contributed by atoms with Gasteiger partial charge in [-0.3, -0.25) is 28.9 Å². The van der Waals surface area contributed by atoms with Crippen LogP contribution in [0.1, 0.15) is 145 Å². The van der Waals surface area contributed by atoms with Crippen LogP contribution in [-0.4, -0.2) is 106 Å². The normalized spacial score (nSPS) is 16.5. The third-order valence-electron chi connectivity index (χ3n) is 14.4. The number of oxime groups is 1. The lowest BCUT2D eigenvalue weighted by Gasteiger charge is -2.35. The summed E-state index contributed by atoms with van der Waals surface area (Å²) < 4.78 is 80.6. The van der Waals surface area contributed by atoms with Crippen LogP contribution in [0.25, 0.3) is 0 Å². The fraction of sp³-hybridized carbons (Fsp3) is 0.603. The number of carboxylic acids is 1. The lowest BCUT2D eigenvalue weighted by molar-refractivity contribution is -0.194. The summed E-state index contributed by atoms with van der Waals surface area (Å²) in [6, 6.07) is 29.3. The van der Waals surface area contributed by atoms with E-state index in [4.69, 9.17) is 28.4 Å². The second kappa shape index (κ2) is 40.8. The molecule has 0 aromatic heterocycles. The van der Waals surface area contributed by atoms with Crippen molar-refractivity contribution in [3.8, 4) is 0 Å². The van der Waals surface area contributed by atoms with Gasteiger partial charge in [-0.25, -0.2) is 10.5 Å². The molecule has 0 atom stereocenters. The molecule has 87 heavy (non-hydrogen) atoms. The molecule has 0 radical (unpaired) electrons. The van der Waals surface area contributed by atoms with Crippen molar-refractivity contribution in [2.75, 3.05) is 34.4 Å². The molecule has 2 N–H and O–H groups in total. The first-order chi connectivity index (χ1) is 41.2. The van der Waals surface area contributed by atoms with E-state index in [0.717, 1.165) is 98.3 Å². The summed E-state index contributed by atoms with van der Waals surface area (Å²) in [7, 11) is -4.96. The van der Waals surface area contributed by atoms with Gasteiger partial charge < -0.3 is 32.5 Å². The van der Waals surface area contributed by atoms with Crippen LogP contribution in [-0.2, 0) is 86.1 Å². The van der Waals surface area contributed by atoms with Crippen LogP contribution in [0, 0.1) is 16.7 Å². The van der Waals surface area contributed by atoms with Crippen molar-refractivity contribution in [1.29, 1.82) is 0 Å². The molecule has 7 rings (SSSR count). The zero-order valence-corrected chi connectivity index (χ0v) is 55.6. The van der Waals surface area contributed by atoms with Crippen molar-refractivity contribution in [1.82, 2.24) is 10.5 Å². The Bertz CT molecular complexity index is 2550. The Morgan fingerprint density at radius 1 is 0.667 bits per heavy atom. The number of benzene rings is 3. The maximum atomic E-state index is 12.0. The Morgan fingerprint density at radius 3 is 1.53 bits per heavy atom. The summed E-state index contributed by atoms with van der Waals surface area (Å²) in [5, 5.41) is 13.9. The van der Waals surface area contributed by atoms with Gasteiger partial charge >= 0.3 is 33.5 Å². The zero-order valence-electron chi connectivity index (χ0n) is 52.8. The van der Waals surface area contributed by atoms with Crippen molar-refractivity contribution >= 4 is 57.8 Å². The highest BCUT2D eigenvalue weighted by Crippen LogP contribution is 2.39. The molecule has 0 aliphatic heterocycles. The number of carbonyl (C=O) groups excluding carboxylic acids is 3. The summed E-state index contributed by atoms with van der Waals surface area (Å²) in [5.41, 5.74) is 0.914. The molecule has 490 valence electrons. The minimum absolute atomic E-state index is 0.0142. The second-order valence-corrected chi connectivity index (χ2v) is 34.4. The zero-order chi connectivity index (χ0) is 64.8. The van der Waals surface area contributed by atoms with Gasteiger partial charge in [-0.05, 0) is 120 Å². The Morgan fingerprint density at radius 2 is 1.13 bits per heavy atom. The summed E-state index contributed by atoms with van der Waals surface area (Å²) in [4.78, 5) is 61.4. The molecule has 0 unspecified atom stereocenters. The predicted octanol–water partition coefficient (Wildman–Crippen LogP) is 14.3. The number of alkyl halides is 3. The van der Waals surface area contributed by atoms with E-state index in [9.17, 15) is 45.9 Å². The van der Waals surface area contributed by atoms with Crippen molar-refractivity contribution in [3.63, 3.8) is 0 Å². The van der Waals surface area contributed by atoms with Crippen LogP contribution in [0.15, 0.2) is 108 Å². The summed E-state index contributed by atoms with van der Waals surface area (Å²) in [5.74, 6) is 0.0627. The molecule has 18 nitrogen and oxygen atoms in total. The van der Waals surface area contributed by atoms with Crippen LogP contribution in [0.5, 0.6) is 0 Å². The number of esters is 2. The molecule has 0 heterocycles. The number of hydrogen-bond donors (Lipinski definition) is 2.